The topological polar surface area (TPSA) is 20.3 Å². The Hall–Kier alpha value is -0.190. The first-order valence-corrected chi connectivity index (χ1v) is 7.86. The van der Waals surface area contributed by atoms with Crippen LogP contribution in [0, 0.1) is 5.92 Å². The summed E-state index contributed by atoms with van der Waals surface area (Å²) in [5, 5.41) is 0. The summed E-state index contributed by atoms with van der Waals surface area (Å²) in [5.41, 5.74) is 0. The van der Waals surface area contributed by atoms with Crippen molar-refractivity contribution >= 4 is 33.0 Å². The number of Topliss-reactive ketones (excluding diaryl/α,β-unsaturated/α-hetero) is 1. The van der Waals surface area contributed by atoms with Crippen LogP contribution in [0.15, 0.2) is 15.9 Å². The van der Waals surface area contributed by atoms with E-state index in [2.05, 4.69) is 20.8 Å². The Bertz CT molecular complexity index is 423. The van der Waals surface area contributed by atoms with Gasteiger partial charge in [-0.1, -0.05) is 0 Å². The lowest BCUT2D eigenvalue weighted by Crippen LogP contribution is -2.33. The molecule has 0 aromatic carbocycles. The lowest BCUT2D eigenvalue weighted by atomic mass is 10.2. The first kappa shape index (κ1) is 11.9. The maximum absolute atomic E-state index is 12.2. The van der Waals surface area contributed by atoms with E-state index in [4.69, 9.17) is 0 Å². The number of nitrogens with zero attached hydrogens (tertiary/aromatic N) is 1. The maximum Gasteiger partial charge on any atom is 0.186 e. The Kier molecular flexibility index (Phi) is 3.37. The molecule has 92 valence electrons. The molecule has 2 nitrogen and oxygen atoms in total. The van der Waals surface area contributed by atoms with E-state index in [0.717, 1.165) is 21.1 Å². The molecule has 2 aliphatic rings. The van der Waals surface area contributed by atoms with Crippen LogP contribution in [0.25, 0.3) is 0 Å². The number of halogens is 1. The molecule has 0 bridgehead atoms. The van der Waals surface area contributed by atoms with E-state index in [1.165, 1.54) is 25.7 Å². The predicted octanol–water partition coefficient (Wildman–Crippen LogP) is 3.57. The van der Waals surface area contributed by atoms with Gasteiger partial charge >= 0.3 is 0 Å². The van der Waals surface area contributed by atoms with E-state index in [0.29, 0.717) is 12.6 Å². The van der Waals surface area contributed by atoms with Gasteiger partial charge in [0, 0.05) is 12.6 Å². The van der Waals surface area contributed by atoms with E-state index in [-0.39, 0.29) is 5.78 Å². The Balaban J connectivity index is 1.61. The first-order chi connectivity index (χ1) is 8.22. The fraction of sp³-hybridized carbons (Fsp3) is 0.615. The van der Waals surface area contributed by atoms with Crippen LogP contribution in [0.3, 0.4) is 0 Å². The molecule has 0 atom stereocenters. The number of hydrogen-bond donors (Lipinski definition) is 0. The van der Waals surface area contributed by atoms with Gasteiger partial charge in [-0.3, -0.25) is 9.69 Å². The fourth-order valence-electron chi connectivity index (χ4n) is 2.14. The van der Waals surface area contributed by atoms with Crippen LogP contribution in [0.4, 0.5) is 0 Å². The average Bonchev–Trinajstić information content (AvgIpc) is 3.18. The van der Waals surface area contributed by atoms with Gasteiger partial charge in [0.1, 0.15) is 0 Å². The Labute approximate surface area is 114 Å². The average molecular weight is 314 g/mol. The van der Waals surface area contributed by atoms with Crippen molar-refractivity contribution in [2.75, 3.05) is 13.1 Å². The van der Waals surface area contributed by atoms with E-state index in [1.54, 1.807) is 11.3 Å². The zero-order chi connectivity index (χ0) is 11.8. The van der Waals surface area contributed by atoms with Crippen LogP contribution in [0.5, 0.6) is 0 Å². The number of carbonyl (C=O) groups is 1. The standard InChI is InChI=1S/C13H16BrNOS/c14-13-6-5-12(17-13)11(16)8-15(10-3-4-10)7-9-1-2-9/h5-6,9-10H,1-4,7-8H2. The van der Waals surface area contributed by atoms with Crippen LogP contribution < -0.4 is 0 Å². The quantitative estimate of drug-likeness (QED) is 0.748. The Morgan fingerprint density at radius 2 is 2.12 bits per heavy atom. The summed E-state index contributed by atoms with van der Waals surface area (Å²) in [7, 11) is 0. The van der Waals surface area contributed by atoms with Crippen molar-refractivity contribution in [3.63, 3.8) is 0 Å². The van der Waals surface area contributed by atoms with Crippen molar-refractivity contribution in [3.8, 4) is 0 Å². The van der Waals surface area contributed by atoms with E-state index in [9.17, 15) is 4.79 Å². The highest BCUT2D eigenvalue weighted by Crippen LogP contribution is 2.35. The molecule has 0 N–H and O–H groups in total. The van der Waals surface area contributed by atoms with Crippen LogP contribution in [-0.2, 0) is 0 Å². The summed E-state index contributed by atoms with van der Waals surface area (Å²) in [4.78, 5) is 15.4. The van der Waals surface area contributed by atoms with E-state index < -0.39 is 0 Å². The van der Waals surface area contributed by atoms with Gasteiger partial charge in [-0.25, -0.2) is 0 Å². The minimum Gasteiger partial charge on any atom is -0.293 e. The van der Waals surface area contributed by atoms with Crippen LogP contribution in [-0.4, -0.2) is 29.8 Å². The molecule has 1 heterocycles. The minimum atomic E-state index is 0.285. The number of thiophene rings is 1. The molecule has 0 saturated heterocycles. The summed E-state index contributed by atoms with van der Waals surface area (Å²) >= 11 is 4.96. The molecule has 0 unspecified atom stereocenters. The van der Waals surface area contributed by atoms with Gasteiger partial charge in [-0.2, -0.15) is 0 Å². The Morgan fingerprint density at radius 3 is 2.65 bits per heavy atom. The lowest BCUT2D eigenvalue weighted by Gasteiger charge is -2.20. The third kappa shape index (κ3) is 3.18. The van der Waals surface area contributed by atoms with E-state index in [1.807, 2.05) is 12.1 Å². The summed E-state index contributed by atoms with van der Waals surface area (Å²) in [5.74, 6) is 1.16. The highest BCUT2D eigenvalue weighted by Gasteiger charge is 2.34. The summed E-state index contributed by atoms with van der Waals surface area (Å²) in [6.45, 7) is 1.76. The first-order valence-electron chi connectivity index (χ1n) is 6.25. The second kappa shape index (κ2) is 4.82. The molecule has 1 aromatic rings. The van der Waals surface area contributed by atoms with Gasteiger partial charge in [0.15, 0.2) is 5.78 Å². The van der Waals surface area contributed by atoms with Crippen molar-refractivity contribution in [1.29, 1.82) is 0 Å². The summed E-state index contributed by atoms with van der Waals surface area (Å²) in [6, 6.07) is 4.59. The normalized spacial score (nSPS) is 19.9. The number of carbonyl (C=O) groups excluding carboxylic acids is 1. The second-order valence-corrected chi connectivity index (χ2v) is 7.59. The monoisotopic (exact) mass is 313 g/mol. The highest BCUT2D eigenvalue weighted by atomic mass is 79.9. The van der Waals surface area contributed by atoms with Crippen molar-refractivity contribution < 1.29 is 4.79 Å². The van der Waals surface area contributed by atoms with Gasteiger partial charge in [0.05, 0.1) is 15.2 Å². The number of rotatable bonds is 6. The van der Waals surface area contributed by atoms with Crippen molar-refractivity contribution in [2.45, 2.75) is 31.7 Å². The molecular weight excluding hydrogens is 298 g/mol. The highest BCUT2D eigenvalue weighted by molar-refractivity contribution is 9.11. The molecule has 17 heavy (non-hydrogen) atoms. The number of ketones is 1. The molecule has 0 aliphatic heterocycles. The Morgan fingerprint density at radius 1 is 1.35 bits per heavy atom. The van der Waals surface area contributed by atoms with Crippen LogP contribution in [0.2, 0.25) is 0 Å². The molecule has 2 saturated carbocycles. The molecule has 2 aliphatic carbocycles. The number of hydrogen-bond acceptors (Lipinski definition) is 3. The molecule has 2 fully saturated rings. The van der Waals surface area contributed by atoms with Gasteiger partial charge in [0.2, 0.25) is 0 Å². The van der Waals surface area contributed by atoms with Gasteiger partial charge in [0.25, 0.3) is 0 Å². The van der Waals surface area contributed by atoms with Crippen molar-refractivity contribution in [3.05, 3.63) is 20.8 Å². The van der Waals surface area contributed by atoms with Crippen LogP contribution >= 0.6 is 27.3 Å². The fourth-order valence-corrected chi connectivity index (χ4v) is 3.46. The molecular formula is C13H16BrNOS. The minimum absolute atomic E-state index is 0.285. The SMILES string of the molecule is O=C(CN(CC1CC1)C1CC1)c1ccc(Br)s1. The second-order valence-electron chi connectivity index (χ2n) is 5.13. The lowest BCUT2D eigenvalue weighted by molar-refractivity contribution is 0.0925. The zero-order valence-corrected chi connectivity index (χ0v) is 12.1. The predicted molar refractivity (Wildman–Crippen MR) is 73.7 cm³/mol. The molecule has 4 heteroatoms. The molecule has 0 amide bonds. The van der Waals surface area contributed by atoms with Crippen molar-refractivity contribution in [1.82, 2.24) is 4.90 Å². The molecule has 1 aromatic heterocycles. The largest absolute Gasteiger partial charge is 0.293 e. The summed E-state index contributed by atoms with van der Waals surface area (Å²) < 4.78 is 1.04. The van der Waals surface area contributed by atoms with Gasteiger partial charge in [-0.05, 0) is 59.7 Å². The molecule has 0 radical (unpaired) electrons. The third-order valence-electron chi connectivity index (χ3n) is 3.45. The molecule has 3 rings (SSSR count). The van der Waals surface area contributed by atoms with Crippen molar-refractivity contribution in [2.24, 2.45) is 5.92 Å². The third-order valence-corrected chi connectivity index (χ3v) is 5.11. The zero-order valence-electron chi connectivity index (χ0n) is 9.69. The smallest absolute Gasteiger partial charge is 0.186 e. The van der Waals surface area contributed by atoms with E-state index >= 15 is 0 Å². The van der Waals surface area contributed by atoms with Gasteiger partial charge in [-0.15, -0.1) is 11.3 Å². The molecule has 0 spiro atoms. The van der Waals surface area contributed by atoms with Crippen LogP contribution in [0.1, 0.15) is 35.4 Å². The summed E-state index contributed by atoms with van der Waals surface area (Å²) in [6.07, 6.45) is 5.30. The van der Waals surface area contributed by atoms with Gasteiger partial charge < -0.3 is 0 Å². The maximum atomic E-state index is 12.2.